The highest BCUT2D eigenvalue weighted by atomic mass is 16.7. The van der Waals surface area contributed by atoms with Gasteiger partial charge in [-0.05, 0) is 12.1 Å². The van der Waals surface area contributed by atoms with Gasteiger partial charge in [-0.25, -0.2) is 0 Å². The molecule has 0 saturated carbocycles. The van der Waals surface area contributed by atoms with Gasteiger partial charge < -0.3 is 24.1 Å². The lowest BCUT2D eigenvalue weighted by atomic mass is 9.73. The van der Waals surface area contributed by atoms with Crippen molar-refractivity contribution in [2.45, 2.75) is 38.3 Å². The van der Waals surface area contributed by atoms with Gasteiger partial charge in [0.2, 0.25) is 12.5 Å². The van der Waals surface area contributed by atoms with Gasteiger partial charge in [-0.2, -0.15) is 0 Å². The van der Waals surface area contributed by atoms with Crippen molar-refractivity contribution in [3.05, 3.63) is 41.5 Å². The first-order valence-electron chi connectivity index (χ1n) is 10.4. The third kappa shape index (κ3) is 2.73. The fraction of sp³-hybridized carbons (Fsp3) is 0.478. The van der Waals surface area contributed by atoms with Crippen molar-refractivity contribution in [1.82, 2.24) is 0 Å². The molecule has 154 valence electrons. The van der Waals surface area contributed by atoms with Gasteiger partial charge in [0.15, 0.2) is 23.0 Å². The van der Waals surface area contributed by atoms with E-state index in [-0.39, 0.29) is 24.4 Å². The first kappa shape index (κ1) is 18.4. The molecular formula is C23H28NO5+. The molecule has 3 aliphatic rings. The minimum absolute atomic E-state index is 0.0542. The smallest absolute Gasteiger partial charge is 0.242 e. The summed E-state index contributed by atoms with van der Waals surface area (Å²) in [6.45, 7) is 6.84. The Labute approximate surface area is 170 Å². The van der Waals surface area contributed by atoms with E-state index in [1.165, 1.54) is 17.7 Å². The number of hydrogen-bond donors (Lipinski definition) is 2. The van der Waals surface area contributed by atoms with Crippen molar-refractivity contribution in [3.63, 3.8) is 0 Å². The van der Waals surface area contributed by atoms with Crippen LogP contribution in [0.15, 0.2) is 30.3 Å². The molecule has 0 unspecified atom stereocenters. The lowest BCUT2D eigenvalue weighted by molar-refractivity contribution is -0.967. The summed E-state index contributed by atoms with van der Waals surface area (Å²) in [4.78, 5) is 1.46. The van der Waals surface area contributed by atoms with Crippen LogP contribution in [0.4, 0.5) is 0 Å². The predicted molar refractivity (Wildman–Crippen MR) is 107 cm³/mol. The normalized spacial score (nSPS) is 28.1. The van der Waals surface area contributed by atoms with E-state index in [1.807, 2.05) is 24.3 Å². The van der Waals surface area contributed by atoms with Crippen molar-refractivity contribution in [2.75, 3.05) is 27.0 Å². The Kier molecular flexibility index (Phi) is 4.28. The van der Waals surface area contributed by atoms with E-state index >= 15 is 0 Å². The highest BCUT2D eigenvalue weighted by Crippen LogP contribution is 2.53. The number of quaternary nitrogens is 1. The SMILES string of the molecule is COc1cccc([C@H]2c3cc4c(cc3O[C@@](C)([NH+]3CCCC3)[C@H]2C)OCO4)c1O. The van der Waals surface area contributed by atoms with Gasteiger partial charge in [-0.15, -0.1) is 0 Å². The van der Waals surface area contributed by atoms with Crippen molar-refractivity contribution in [1.29, 1.82) is 0 Å². The first-order valence-corrected chi connectivity index (χ1v) is 10.4. The minimum atomic E-state index is -0.405. The van der Waals surface area contributed by atoms with E-state index in [9.17, 15) is 5.11 Å². The molecule has 0 spiro atoms. The number of para-hydroxylation sites is 1. The quantitative estimate of drug-likeness (QED) is 0.833. The van der Waals surface area contributed by atoms with Gasteiger partial charge in [0.05, 0.1) is 26.1 Å². The third-order valence-electron chi connectivity index (χ3n) is 7.03. The van der Waals surface area contributed by atoms with Gasteiger partial charge in [-0.1, -0.05) is 19.1 Å². The zero-order chi connectivity index (χ0) is 20.2. The van der Waals surface area contributed by atoms with E-state index in [1.54, 1.807) is 13.2 Å². The van der Waals surface area contributed by atoms with Crippen molar-refractivity contribution < 1.29 is 29.0 Å². The number of fused-ring (bicyclic) bond motifs is 2. The second-order valence-electron chi connectivity index (χ2n) is 8.43. The number of hydrogen-bond acceptors (Lipinski definition) is 5. The van der Waals surface area contributed by atoms with Crippen LogP contribution >= 0.6 is 0 Å². The number of benzene rings is 2. The van der Waals surface area contributed by atoms with E-state index in [4.69, 9.17) is 18.9 Å². The van der Waals surface area contributed by atoms with E-state index in [0.29, 0.717) is 11.5 Å². The average molecular weight is 398 g/mol. The van der Waals surface area contributed by atoms with Gasteiger partial charge in [0.1, 0.15) is 5.75 Å². The summed E-state index contributed by atoms with van der Waals surface area (Å²) in [5.41, 5.74) is 1.46. The molecule has 1 saturated heterocycles. The molecule has 0 radical (unpaired) electrons. The molecule has 0 aliphatic carbocycles. The summed E-state index contributed by atoms with van der Waals surface area (Å²) in [6.07, 6.45) is 2.42. The number of phenolic OH excluding ortho intramolecular Hbond substituents is 1. The zero-order valence-electron chi connectivity index (χ0n) is 17.2. The predicted octanol–water partition coefficient (Wildman–Crippen LogP) is 2.68. The summed E-state index contributed by atoms with van der Waals surface area (Å²) in [5.74, 6) is 2.99. The second-order valence-corrected chi connectivity index (χ2v) is 8.43. The molecule has 2 aromatic rings. The molecule has 29 heavy (non-hydrogen) atoms. The standard InChI is InChI=1S/C23H27NO5/c1-14-21(15-7-6-8-17(26-3)22(15)25)16-11-19-20(28-13-27-19)12-18(16)29-23(14,2)24-9-4-5-10-24/h6-8,11-12,14,21,25H,4-5,9-10,13H2,1-3H3/p+1/t14-,21-,23+/m0/s1. The molecule has 3 atom stereocenters. The highest BCUT2D eigenvalue weighted by molar-refractivity contribution is 5.59. The topological polar surface area (TPSA) is 61.6 Å². The van der Waals surface area contributed by atoms with Gasteiger partial charge >= 0.3 is 0 Å². The van der Waals surface area contributed by atoms with Crippen LogP contribution in [0, 0.1) is 5.92 Å². The second kappa shape index (κ2) is 6.73. The third-order valence-corrected chi connectivity index (χ3v) is 7.03. The number of methoxy groups -OCH3 is 1. The lowest BCUT2D eigenvalue weighted by Crippen LogP contribution is -3.20. The molecular weight excluding hydrogens is 370 g/mol. The Bertz CT molecular complexity index is 939. The van der Waals surface area contributed by atoms with E-state index < -0.39 is 5.72 Å². The molecule has 3 heterocycles. The van der Waals surface area contributed by atoms with Crippen LogP contribution in [-0.2, 0) is 0 Å². The van der Waals surface area contributed by atoms with Gasteiger partial charge in [-0.3, -0.25) is 4.90 Å². The molecule has 2 aromatic carbocycles. The van der Waals surface area contributed by atoms with Crippen molar-refractivity contribution >= 4 is 0 Å². The Hall–Kier alpha value is -2.60. The van der Waals surface area contributed by atoms with Gasteiger partial charge in [0.25, 0.3) is 0 Å². The molecule has 6 heteroatoms. The Balaban J connectivity index is 1.70. The number of ether oxygens (including phenoxy) is 4. The minimum Gasteiger partial charge on any atom is -0.504 e. The molecule has 0 aromatic heterocycles. The van der Waals surface area contributed by atoms with Crippen LogP contribution < -0.4 is 23.8 Å². The van der Waals surface area contributed by atoms with Gasteiger partial charge in [0, 0.05) is 42.9 Å². The number of phenols is 1. The molecule has 0 bridgehead atoms. The molecule has 6 nitrogen and oxygen atoms in total. The molecule has 5 rings (SSSR count). The Morgan fingerprint density at radius 1 is 1.07 bits per heavy atom. The molecule has 2 N–H and O–H groups in total. The highest BCUT2D eigenvalue weighted by Gasteiger charge is 2.53. The van der Waals surface area contributed by atoms with Crippen LogP contribution in [0.5, 0.6) is 28.7 Å². The largest absolute Gasteiger partial charge is 0.504 e. The summed E-state index contributed by atoms with van der Waals surface area (Å²) in [7, 11) is 1.58. The first-order chi connectivity index (χ1) is 14.0. The Morgan fingerprint density at radius 2 is 1.79 bits per heavy atom. The summed E-state index contributed by atoms with van der Waals surface area (Å²) in [5, 5.41) is 11.0. The number of likely N-dealkylation sites (tertiary alicyclic amines) is 1. The van der Waals surface area contributed by atoms with Crippen LogP contribution in [-0.4, -0.2) is 37.8 Å². The Morgan fingerprint density at radius 3 is 2.52 bits per heavy atom. The number of rotatable bonds is 3. The van der Waals surface area contributed by atoms with E-state index in [0.717, 1.165) is 35.7 Å². The van der Waals surface area contributed by atoms with Crippen LogP contribution in [0.1, 0.15) is 43.7 Å². The fourth-order valence-corrected chi connectivity index (χ4v) is 5.26. The monoisotopic (exact) mass is 398 g/mol. The zero-order valence-corrected chi connectivity index (χ0v) is 17.2. The van der Waals surface area contributed by atoms with Crippen molar-refractivity contribution in [3.8, 4) is 28.7 Å². The van der Waals surface area contributed by atoms with Crippen molar-refractivity contribution in [2.24, 2.45) is 5.92 Å². The van der Waals surface area contributed by atoms with E-state index in [2.05, 4.69) is 13.8 Å². The van der Waals surface area contributed by atoms with Crippen LogP contribution in [0.2, 0.25) is 0 Å². The number of nitrogens with one attached hydrogen (secondary N) is 1. The fourth-order valence-electron chi connectivity index (χ4n) is 5.26. The average Bonchev–Trinajstić information content (AvgIpc) is 3.40. The number of aromatic hydroxyl groups is 1. The molecule has 0 amide bonds. The maximum absolute atomic E-state index is 11.0. The maximum Gasteiger partial charge on any atom is 0.242 e. The lowest BCUT2D eigenvalue weighted by Gasteiger charge is -2.47. The molecule has 1 fully saturated rings. The summed E-state index contributed by atoms with van der Waals surface area (Å²) >= 11 is 0. The summed E-state index contributed by atoms with van der Waals surface area (Å²) < 4.78 is 23.3. The molecule has 3 aliphatic heterocycles. The van der Waals surface area contributed by atoms with Crippen LogP contribution in [0.3, 0.4) is 0 Å². The summed E-state index contributed by atoms with van der Waals surface area (Å²) in [6, 6.07) is 9.66. The van der Waals surface area contributed by atoms with Crippen LogP contribution in [0.25, 0.3) is 0 Å². The maximum atomic E-state index is 11.0.